The predicted molar refractivity (Wildman–Crippen MR) is 140 cm³/mol. The van der Waals surface area contributed by atoms with Crippen LogP contribution in [0.2, 0.25) is 0 Å². The molecule has 1 aliphatic heterocycles. The van der Waals surface area contributed by atoms with E-state index in [1.165, 1.54) is 16.6 Å². The Morgan fingerprint density at radius 1 is 0.938 bits per heavy atom. The first-order valence-corrected chi connectivity index (χ1v) is 11.9. The van der Waals surface area contributed by atoms with E-state index in [1.807, 2.05) is 30.3 Å². The van der Waals surface area contributed by atoms with Crippen LogP contribution in [0.15, 0.2) is 67.1 Å². The van der Waals surface area contributed by atoms with E-state index in [0.717, 1.165) is 48.5 Å². The summed E-state index contributed by atoms with van der Waals surface area (Å²) in [5.41, 5.74) is 4.85. The van der Waals surface area contributed by atoms with Gasteiger partial charge in [0.25, 0.3) is 0 Å². The molecule has 1 unspecified atom stereocenters. The molecule has 1 atom stereocenters. The molecule has 164 valence electrons. The Morgan fingerprint density at radius 3 is 2.56 bits per heavy atom. The van der Waals surface area contributed by atoms with Crippen molar-refractivity contribution in [2.45, 2.75) is 13.0 Å². The first kappa shape index (κ1) is 21.2. The van der Waals surface area contributed by atoms with Gasteiger partial charge >= 0.3 is 0 Å². The van der Waals surface area contributed by atoms with E-state index >= 15 is 0 Å². The Hall–Kier alpha value is -2.65. The van der Waals surface area contributed by atoms with E-state index in [4.69, 9.17) is 0 Å². The Morgan fingerprint density at radius 2 is 1.78 bits per heavy atom. The maximum absolute atomic E-state index is 4.66. The molecule has 2 aromatic carbocycles. The number of hydrogen-bond donors (Lipinski definition) is 1. The minimum Gasteiger partial charge on any atom is -0.369 e. The number of aryl methyl sites for hydroxylation is 1. The van der Waals surface area contributed by atoms with Crippen molar-refractivity contribution in [1.82, 2.24) is 17.9 Å². The summed E-state index contributed by atoms with van der Waals surface area (Å²) in [4.78, 5) is 7.13. The molecule has 1 N–H and O–H groups in total. The summed E-state index contributed by atoms with van der Waals surface area (Å²) in [5.74, 6) is 0.886. The van der Waals surface area contributed by atoms with E-state index < -0.39 is 0 Å². The highest BCUT2D eigenvalue weighted by Gasteiger charge is 2.16. The SMILES string of the molecule is CC(Nc1cc2cc(-c3cnn(C)c3)ccc2cn1)c1cccc(N2CCN(I)CC2)c1. The number of piperazine rings is 1. The molecule has 0 amide bonds. The van der Waals surface area contributed by atoms with Crippen molar-refractivity contribution in [3.63, 3.8) is 0 Å². The minimum absolute atomic E-state index is 0.160. The summed E-state index contributed by atoms with van der Waals surface area (Å²) in [6, 6.07) is 17.6. The van der Waals surface area contributed by atoms with Crippen LogP contribution >= 0.6 is 22.9 Å². The number of nitrogens with one attached hydrogen (secondary N) is 1. The molecule has 0 radical (unpaired) electrons. The van der Waals surface area contributed by atoms with Gasteiger partial charge in [-0.15, -0.1) is 0 Å². The molecule has 5 rings (SSSR count). The minimum atomic E-state index is 0.160. The highest BCUT2D eigenvalue weighted by Crippen LogP contribution is 2.28. The molecule has 0 spiro atoms. The number of rotatable bonds is 5. The number of fused-ring (bicyclic) bond motifs is 1. The summed E-state index contributed by atoms with van der Waals surface area (Å²) < 4.78 is 4.18. The quantitative estimate of drug-likeness (QED) is 0.277. The molecular formula is C25H27IN6. The second-order valence-electron chi connectivity index (χ2n) is 8.39. The molecule has 2 aromatic heterocycles. The number of pyridine rings is 1. The summed E-state index contributed by atoms with van der Waals surface area (Å²) in [7, 11) is 1.94. The van der Waals surface area contributed by atoms with E-state index in [2.05, 4.69) is 102 Å². The second kappa shape index (κ2) is 9.07. The molecule has 3 heterocycles. The first-order chi connectivity index (χ1) is 15.5. The molecule has 0 aliphatic carbocycles. The molecule has 6 nitrogen and oxygen atoms in total. The lowest BCUT2D eigenvalue weighted by molar-refractivity contribution is 0.460. The average Bonchev–Trinajstić information content (AvgIpc) is 3.25. The smallest absolute Gasteiger partial charge is 0.126 e. The van der Waals surface area contributed by atoms with Crippen molar-refractivity contribution < 1.29 is 0 Å². The number of anilines is 2. The van der Waals surface area contributed by atoms with E-state index in [0.29, 0.717) is 0 Å². The monoisotopic (exact) mass is 538 g/mol. The van der Waals surface area contributed by atoms with Crippen LogP contribution in [0.5, 0.6) is 0 Å². The average molecular weight is 538 g/mol. The number of halogens is 1. The fourth-order valence-electron chi connectivity index (χ4n) is 4.21. The fourth-order valence-corrected chi connectivity index (χ4v) is 4.64. The largest absolute Gasteiger partial charge is 0.369 e. The van der Waals surface area contributed by atoms with Gasteiger partial charge in [0, 0.05) is 85.1 Å². The summed E-state index contributed by atoms with van der Waals surface area (Å²) in [5, 5.41) is 10.2. The lowest BCUT2D eigenvalue weighted by Gasteiger charge is -2.33. The Bertz CT molecular complexity index is 1230. The lowest BCUT2D eigenvalue weighted by Crippen LogP contribution is -2.42. The Labute approximate surface area is 202 Å². The van der Waals surface area contributed by atoms with Gasteiger partial charge in [-0.25, -0.2) is 8.10 Å². The molecule has 0 saturated carbocycles. The standard InChI is InChI=1S/C25H27IN6/c1-18(19-4-3-5-24(13-19)31-8-10-32(26)11-9-31)29-25-14-22-12-20(6-7-21(22)15-27-25)23-16-28-30(2)17-23/h3-7,12-18H,8-11H2,1-2H3,(H,27,29). The third-order valence-electron chi connectivity index (χ3n) is 6.08. The van der Waals surface area contributed by atoms with Crippen molar-refractivity contribution in [3.8, 4) is 11.1 Å². The van der Waals surface area contributed by atoms with Crippen molar-refractivity contribution in [1.29, 1.82) is 0 Å². The van der Waals surface area contributed by atoms with Gasteiger partial charge in [-0.05, 0) is 47.7 Å². The van der Waals surface area contributed by atoms with Gasteiger partial charge in [-0.3, -0.25) is 4.68 Å². The number of nitrogens with zero attached hydrogens (tertiary/aromatic N) is 5. The zero-order valence-electron chi connectivity index (χ0n) is 18.4. The lowest BCUT2D eigenvalue weighted by atomic mass is 10.0. The highest BCUT2D eigenvalue weighted by molar-refractivity contribution is 14.1. The van der Waals surface area contributed by atoms with E-state index in [-0.39, 0.29) is 6.04 Å². The molecule has 32 heavy (non-hydrogen) atoms. The van der Waals surface area contributed by atoms with Crippen LogP contribution in [0.4, 0.5) is 11.5 Å². The number of hydrogen-bond acceptors (Lipinski definition) is 5. The highest BCUT2D eigenvalue weighted by atomic mass is 127. The van der Waals surface area contributed by atoms with Gasteiger partial charge in [0.1, 0.15) is 5.82 Å². The van der Waals surface area contributed by atoms with Crippen LogP contribution < -0.4 is 10.2 Å². The van der Waals surface area contributed by atoms with Crippen LogP contribution in [0.25, 0.3) is 21.9 Å². The number of aromatic nitrogens is 3. The summed E-state index contributed by atoms with van der Waals surface area (Å²) in [6.45, 7) is 6.53. The zero-order chi connectivity index (χ0) is 22.1. The van der Waals surface area contributed by atoms with E-state index in [1.54, 1.807) is 0 Å². The van der Waals surface area contributed by atoms with Crippen LogP contribution in [0, 0.1) is 0 Å². The Balaban J connectivity index is 1.35. The molecule has 1 fully saturated rings. The topological polar surface area (TPSA) is 49.2 Å². The van der Waals surface area contributed by atoms with Gasteiger partial charge in [-0.1, -0.05) is 24.3 Å². The molecule has 4 aromatic rings. The van der Waals surface area contributed by atoms with Gasteiger partial charge < -0.3 is 10.2 Å². The van der Waals surface area contributed by atoms with Crippen LogP contribution in [-0.2, 0) is 7.05 Å². The van der Waals surface area contributed by atoms with Crippen LogP contribution in [0.3, 0.4) is 0 Å². The maximum atomic E-state index is 4.66. The van der Waals surface area contributed by atoms with Gasteiger partial charge in [0.2, 0.25) is 0 Å². The van der Waals surface area contributed by atoms with Gasteiger partial charge in [-0.2, -0.15) is 5.10 Å². The summed E-state index contributed by atoms with van der Waals surface area (Å²) >= 11 is 2.41. The van der Waals surface area contributed by atoms with E-state index in [9.17, 15) is 0 Å². The van der Waals surface area contributed by atoms with Crippen molar-refractivity contribution in [2.75, 3.05) is 36.4 Å². The predicted octanol–water partition coefficient (Wildman–Crippen LogP) is 5.28. The van der Waals surface area contributed by atoms with Crippen molar-refractivity contribution >= 4 is 45.1 Å². The second-order valence-corrected chi connectivity index (χ2v) is 9.76. The van der Waals surface area contributed by atoms with Crippen LogP contribution in [0.1, 0.15) is 18.5 Å². The fraction of sp³-hybridized carbons (Fsp3) is 0.280. The summed E-state index contributed by atoms with van der Waals surface area (Å²) in [6.07, 6.45) is 5.88. The van der Waals surface area contributed by atoms with Gasteiger partial charge in [0.15, 0.2) is 0 Å². The van der Waals surface area contributed by atoms with Gasteiger partial charge in [0.05, 0.1) is 12.2 Å². The third kappa shape index (κ3) is 4.59. The van der Waals surface area contributed by atoms with Crippen molar-refractivity contribution in [3.05, 3.63) is 72.7 Å². The van der Waals surface area contributed by atoms with Crippen molar-refractivity contribution in [2.24, 2.45) is 7.05 Å². The normalized spacial score (nSPS) is 15.8. The number of benzene rings is 2. The molecule has 1 aliphatic rings. The maximum Gasteiger partial charge on any atom is 0.126 e. The zero-order valence-corrected chi connectivity index (χ0v) is 20.5. The first-order valence-electron chi connectivity index (χ1n) is 11.0. The molecule has 1 saturated heterocycles. The van der Waals surface area contributed by atoms with Crippen LogP contribution in [-0.4, -0.2) is 44.1 Å². The molecule has 7 heteroatoms. The Kier molecular flexibility index (Phi) is 6.01. The molecule has 0 bridgehead atoms. The molecular weight excluding hydrogens is 511 g/mol. The third-order valence-corrected chi connectivity index (χ3v) is 7.05.